The van der Waals surface area contributed by atoms with Crippen LogP contribution in [0.4, 0.5) is 11.5 Å². The molecule has 90 valence electrons. The van der Waals surface area contributed by atoms with Gasteiger partial charge in [-0.25, -0.2) is 4.98 Å². The van der Waals surface area contributed by atoms with E-state index in [1.165, 1.54) is 0 Å². The highest BCUT2D eigenvalue weighted by Gasteiger charge is 2.10. The average Bonchev–Trinajstić information content (AvgIpc) is 2.24. The second-order valence-electron chi connectivity index (χ2n) is 4.13. The molecule has 0 saturated heterocycles. The van der Waals surface area contributed by atoms with E-state index >= 15 is 0 Å². The summed E-state index contributed by atoms with van der Waals surface area (Å²) in [6.07, 6.45) is 1.16. The number of nitrogens with two attached hydrogens (primary N) is 1. The van der Waals surface area contributed by atoms with Gasteiger partial charge in [0.2, 0.25) is 0 Å². The van der Waals surface area contributed by atoms with Crippen molar-refractivity contribution in [1.29, 1.82) is 0 Å². The van der Waals surface area contributed by atoms with Crippen molar-refractivity contribution >= 4 is 23.1 Å². The maximum Gasteiger partial charge on any atom is 0.133 e. The summed E-state index contributed by atoms with van der Waals surface area (Å²) in [4.78, 5) is 6.51. The van der Waals surface area contributed by atoms with E-state index in [1.54, 1.807) is 6.07 Å². The van der Waals surface area contributed by atoms with Crippen molar-refractivity contribution in [1.82, 2.24) is 4.98 Å². The van der Waals surface area contributed by atoms with Gasteiger partial charge in [0.25, 0.3) is 0 Å². The van der Waals surface area contributed by atoms with Gasteiger partial charge in [-0.3, -0.25) is 0 Å². The number of hydrogen-bond acceptors (Lipinski definition) is 3. The smallest absolute Gasteiger partial charge is 0.133 e. The lowest BCUT2D eigenvalue weighted by atomic mass is 10.1. The van der Waals surface area contributed by atoms with E-state index < -0.39 is 0 Å². The summed E-state index contributed by atoms with van der Waals surface area (Å²) in [5.74, 6) is 1.51. The molecule has 2 N–H and O–H groups in total. The molecular formula is C12H20ClN3. The Bertz CT molecular complexity index is 321. The molecule has 16 heavy (non-hydrogen) atoms. The van der Waals surface area contributed by atoms with Crippen LogP contribution in [0.1, 0.15) is 27.2 Å². The third-order valence-corrected chi connectivity index (χ3v) is 2.93. The molecule has 0 bridgehead atoms. The first-order chi connectivity index (χ1) is 7.56. The molecule has 1 rings (SSSR count). The first-order valence-corrected chi connectivity index (χ1v) is 6.12. The van der Waals surface area contributed by atoms with Crippen LogP contribution in [0.3, 0.4) is 0 Å². The molecule has 1 atom stereocenters. The highest BCUT2D eigenvalue weighted by atomic mass is 35.5. The minimum Gasteiger partial charge on any atom is -0.399 e. The number of halogens is 1. The Morgan fingerprint density at radius 1 is 1.44 bits per heavy atom. The van der Waals surface area contributed by atoms with Crippen molar-refractivity contribution in [3.05, 3.63) is 17.3 Å². The number of aromatic nitrogens is 1. The van der Waals surface area contributed by atoms with Crippen LogP contribution in [-0.4, -0.2) is 18.1 Å². The zero-order valence-corrected chi connectivity index (χ0v) is 11.0. The van der Waals surface area contributed by atoms with Crippen LogP contribution >= 0.6 is 11.6 Å². The predicted molar refractivity (Wildman–Crippen MR) is 71.0 cm³/mol. The fourth-order valence-corrected chi connectivity index (χ4v) is 1.77. The Hall–Kier alpha value is -0.960. The van der Waals surface area contributed by atoms with Crippen LogP contribution in [0, 0.1) is 5.92 Å². The van der Waals surface area contributed by atoms with Gasteiger partial charge >= 0.3 is 0 Å². The van der Waals surface area contributed by atoms with E-state index in [1.807, 2.05) is 6.07 Å². The van der Waals surface area contributed by atoms with Crippen molar-refractivity contribution in [2.24, 2.45) is 5.92 Å². The summed E-state index contributed by atoms with van der Waals surface area (Å²) in [7, 11) is 0. The molecule has 0 aliphatic rings. The minimum absolute atomic E-state index is 0.456. The molecule has 0 fully saturated rings. The molecule has 1 aromatic heterocycles. The molecule has 1 heterocycles. The molecule has 0 aliphatic carbocycles. The minimum atomic E-state index is 0.456. The second-order valence-corrected chi connectivity index (χ2v) is 4.52. The molecule has 0 aliphatic heterocycles. The van der Waals surface area contributed by atoms with Gasteiger partial charge in [-0.2, -0.15) is 0 Å². The number of hydrogen-bond donors (Lipinski definition) is 1. The van der Waals surface area contributed by atoms with Crippen LogP contribution in [-0.2, 0) is 0 Å². The Morgan fingerprint density at radius 3 is 2.62 bits per heavy atom. The molecule has 3 nitrogen and oxygen atoms in total. The highest BCUT2D eigenvalue weighted by Crippen LogP contribution is 2.20. The third-order valence-electron chi connectivity index (χ3n) is 2.74. The van der Waals surface area contributed by atoms with E-state index in [0.29, 0.717) is 16.8 Å². The standard InChI is InChI=1S/C12H20ClN3/c1-4-9(3)8-16(5-2)12-7-10(14)6-11(13)15-12/h6-7,9H,4-5,8H2,1-3H3,(H2,14,15). The van der Waals surface area contributed by atoms with E-state index in [4.69, 9.17) is 17.3 Å². The maximum absolute atomic E-state index is 5.90. The molecule has 0 spiro atoms. The number of rotatable bonds is 5. The summed E-state index contributed by atoms with van der Waals surface area (Å²) in [5.41, 5.74) is 6.43. The highest BCUT2D eigenvalue weighted by molar-refractivity contribution is 6.29. The number of nitrogens with zero attached hydrogens (tertiary/aromatic N) is 2. The van der Waals surface area contributed by atoms with Crippen molar-refractivity contribution in [2.45, 2.75) is 27.2 Å². The number of nitrogen functional groups attached to an aromatic ring is 1. The number of anilines is 2. The second kappa shape index (κ2) is 5.94. The fourth-order valence-electron chi connectivity index (χ4n) is 1.55. The normalized spacial score (nSPS) is 12.5. The summed E-state index contributed by atoms with van der Waals surface area (Å²) >= 11 is 5.90. The topological polar surface area (TPSA) is 42.1 Å². The summed E-state index contributed by atoms with van der Waals surface area (Å²) in [6.45, 7) is 8.44. The Kier molecular flexibility index (Phi) is 4.87. The molecule has 0 aromatic carbocycles. The van der Waals surface area contributed by atoms with Crippen molar-refractivity contribution < 1.29 is 0 Å². The Labute approximate surface area is 103 Å². The van der Waals surface area contributed by atoms with E-state index in [9.17, 15) is 0 Å². The van der Waals surface area contributed by atoms with Crippen LogP contribution in [0.15, 0.2) is 12.1 Å². The Balaban J connectivity index is 2.86. The molecule has 0 saturated carbocycles. The molecule has 1 aromatic rings. The monoisotopic (exact) mass is 241 g/mol. The SMILES string of the molecule is CCC(C)CN(CC)c1cc(N)cc(Cl)n1. The third kappa shape index (κ3) is 3.56. The van der Waals surface area contributed by atoms with Gasteiger partial charge < -0.3 is 10.6 Å². The van der Waals surface area contributed by atoms with Crippen molar-refractivity contribution in [3.8, 4) is 0 Å². The van der Waals surface area contributed by atoms with Gasteiger partial charge in [0.15, 0.2) is 0 Å². The maximum atomic E-state index is 5.90. The van der Waals surface area contributed by atoms with Crippen molar-refractivity contribution in [3.63, 3.8) is 0 Å². The zero-order valence-electron chi connectivity index (χ0n) is 10.2. The fraction of sp³-hybridized carbons (Fsp3) is 0.583. The van der Waals surface area contributed by atoms with Gasteiger partial charge in [-0.05, 0) is 18.9 Å². The molecule has 0 amide bonds. The predicted octanol–water partition coefficient (Wildman–Crippen LogP) is 3.19. The summed E-state index contributed by atoms with van der Waals surface area (Å²) in [6, 6.07) is 3.54. The zero-order chi connectivity index (χ0) is 12.1. The van der Waals surface area contributed by atoms with E-state index in [2.05, 4.69) is 30.7 Å². The quantitative estimate of drug-likeness (QED) is 0.805. The van der Waals surface area contributed by atoms with Crippen LogP contribution in [0.2, 0.25) is 5.15 Å². The van der Waals surface area contributed by atoms with Crippen LogP contribution in [0.5, 0.6) is 0 Å². The van der Waals surface area contributed by atoms with Crippen molar-refractivity contribution in [2.75, 3.05) is 23.7 Å². The van der Waals surface area contributed by atoms with Gasteiger partial charge in [0.05, 0.1) is 0 Å². The lowest BCUT2D eigenvalue weighted by molar-refractivity contribution is 0.545. The van der Waals surface area contributed by atoms with Gasteiger partial charge in [-0.15, -0.1) is 0 Å². The molecule has 4 heteroatoms. The average molecular weight is 242 g/mol. The lowest BCUT2D eigenvalue weighted by Gasteiger charge is -2.25. The number of pyridine rings is 1. The van der Waals surface area contributed by atoms with Gasteiger partial charge in [0, 0.05) is 24.8 Å². The molecule has 1 unspecified atom stereocenters. The van der Waals surface area contributed by atoms with Crippen LogP contribution in [0.25, 0.3) is 0 Å². The van der Waals surface area contributed by atoms with E-state index in [0.717, 1.165) is 25.3 Å². The molecular weight excluding hydrogens is 222 g/mol. The van der Waals surface area contributed by atoms with E-state index in [-0.39, 0.29) is 0 Å². The first-order valence-electron chi connectivity index (χ1n) is 5.74. The van der Waals surface area contributed by atoms with Gasteiger partial charge in [0.1, 0.15) is 11.0 Å². The first kappa shape index (κ1) is 13.1. The Morgan fingerprint density at radius 2 is 2.12 bits per heavy atom. The lowest BCUT2D eigenvalue weighted by Crippen LogP contribution is -2.28. The largest absolute Gasteiger partial charge is 0.399 e. The summed E-state index contributed by atoms with van der Waals surface area (Å²) in [5, 5.41) is 0.456. The summed E-state index contributed by atoms with van der Waals surface area (Å²) < 4.78 is 0. The van der Waals surface area contributed by atoms with Crippen LogP contribution < -0.4 is 10.6 Å². The molecule has 0 radical (unpaired) electrons. The van der Waals surface area contributed by atoms with Gasteiger partial charge in [-0.1, -0.05) is 31.9 Å².